The van der Waals surface area contributed by atoms with Gasteiger partial charge in [0.25, 0.3) is 11.1 Å². The first kappa shape index (κ1) is 21.1. The summed E-state index contributed by atoms with van der Waals surface area (Å²) in [5, 5.41) is 11.2. The molecule has 0 unspecified atom stereocenters. The van der Waals surface area contributed by atoms with E-state index in [0.717, 1.165) is 43.6 Å². The van der Waals surface area contributed by atoms with Crippen molar-refractivity contribution >= 4 is 46.4 Å². The first-order valence-electron chi connectivity index (χ1n) is 9.89. The summed E-state index contributed by atoms with van der Waals surface area (Å²) in [4.78, 5) is 43.4. The highest BCUT2D eigenvalue weighted by Gasteiger charge is 2.26. The zero-order valence-corrected chi connectivity index (χ0v) is 17.9. The van der Waals surface area contributed by atoms with E-state index in [1.54, 1.807) is 18.3 Å². The summed E-state index contributed by atoms with van der Waals surface area (Å²) >= 11 is 0.854. The Labute approximate surface area is 184 Å². The molecule has 2 fully saturated rings. The monoisotopic (exact) mass is 441 g/mol. The molecular formula is C20H23N7O3S. The topological polar surface area (TPSA) is 115 Å². The number of pyridine rings is 1. The predicted octanol–water partition coefficient (Wildman–Crippen LogP) is 0.951. The van der Waals surface area contributed by atoms with Crippen molar-refractivity contribution in [2.45, 2.75) is 0 Å². The van der Waals surface area contributed by atoms with Gasteiger partial charge < -0.3 is 19.8 Å². The van der Waals surface area contributed by atoms with Crippen molar-refractivity contribution in [1.82, 2.24) is 20.3 Å². The van der Waals surface area contributed by atoms with E-state index in [9.17, 15) is 14.7 Å². The maximum atomic E-state index is 11.9. The van der Waals surface area contributed by atoms with Gasteiger partial charge in [-0.15, -0.1) is 0 Å². The van der Waals surface area contributed by atoms with Gasteiger partial charge in [0.1, 0.15) is 5.82 Å². The van der Waals surface area contributed by atoms with Crippen LogP contribution < -0.4 is 20.0 Å². The first-order chi connectivity index (χ1) is 15.0. The molecule has 0 saturated carbocycles. The molecule has 2 aromatic rings. The van der Waals surface area contributed by atoms with Crippen LogP contribution in [0, 0.1) is 0 Å². The van der Waals surface area contributed by atoms with Gasteiger partial charge in [-0.05, 0) is 30.0 Å². The van der Waals surface area contributed by atoms with Crippen LogP contribution in [0.2, 0.25) is 0 Å². The second kappa shape index (κ2) is 9.31. The van der Waals surface area contributed by atoms with E-state index < -0.39 is 11.1 Å². The van der Waals surface area contributed by atoms with Crippen molar-refractivity contribution < 1.29 is 14.7 Å². The van der Waals surface area contributed by atoms with Gasteiger partial charge in [-0.2, -0.15) is 4.98 Å². The second-order valence-electron chi connectivity index (χ2n) is 7.13. The van der Waals surface area contributed by atoms with Crippen molar-refractivity contribution in [3.8, 4) is 0 Å². The number of nitrogens with zero attached hydrogens (tertiary/aromatic N) is 6. The first-order valence-corrected chi connectivity index (χ1v) is 10.7. The van der Waals surface area contributed by atoms with Gasteiger partial charge in [-0.3, -0.25) is 19.9 Å². The molecule has 0 aromatic carbocycles. The van der Waals surface area contributed by atoms with Gasteiger partial charge in [-0.1, -0.05) is 0 Å². The maximum Gasteiger partial charge on any atom is 0.290 e. The number of carbonyl (C=O) groups is 2. The fourth-order valence-corrected chi connectivity index (χ4v) is 4.04. The Hall–Kier alpha value is -3.18. The summed E-state index contributed by atoms with van der Waals surface area (Å²) in [5.41, 5.74) is 1.62. The molecule has 4 rings (SSSR count). The number of nitrogens with one attached hydrogen (secondary N) is 1. The molecule has 0 aliphatic carbocycles. The highest BCUT2D eigenvalue weighted by molar-refractivity contribution is 8.18. The number of thioether (sulfide) groups is 1. The molecule has 2 amide bonds. The largest absolute Gasteiger partial charge is 0.395 e. The molecule has 11 heteroatoms. The third kappa shape index (κ3) is 4.94. The lowest BCUT2D eigenvalue weighted by molar-refractivity contribution is -0.115. The summed E-state index contributed by atoms with van der Waals surface area (Å²) in [6, 6.07) is 5.71. The lowest BCUT2D eigenvalue weighted by Gasteiger charge is -2.36. The average Bonchev–Trinajstić information content (AvgIpc) is 3.11. The fourth-order valence-electron chi connectivity index (χ4n) is 3.38. The molecule has 0 atom stereocenters. The molecular weight excluding hydrogens is 418 g/mol. The minimum Gasteiger partial charge on any atom is -0.395 e. The van der Waals surface area contributed by atoms with Crippen molar-refractivity contribution in [3.63, 3.8) is 0 Å². The van der Waals surface area contributed by atoms with E-state index in [0.29, 0.717) is 28.9 Å². The predicted molar refractivity (Wildman–Crippen MR) is 120 cm³/mol. The number of rotatable bonds is 6. The number of piperazine rings is 1. The summed E-state index contributed by atoms with van der Waals surface area (Å²) in [6.07, 6.45) is 5.21. The number of amides is 2. The highest BCUT2D eigenvalue weighted by atomic mass is 32.2. The van der Waals surface area contributed by atoms with Crippen LogP contribution in [0.1, 0.15) is 5.69 Å². The van der Waals surface area contributed by atoms with Crippen molar-refractivity contribution in [1.29, 1.82) is 0 Å². The number of imide groups is 1. The number of aliphatic hydroxyl groups is 1. The van der Waals surface area contributed by atoms with Crippen LogP contribution in [0.5, 0.6) is 0 Å². The normalized spacial score (nSPS) is 17.9. The second-order valence-corrected chi connectivity index (χ2v) is 8.15. The zero-order chi connectivity index (χ0) is 21.8. The molecule has 0 radical (unpaired) electrons. The van der Waals surface area contributed by atoms with Crippen LogP contribution in [0.4, 0.5) is 22.2 Å². The Morgan fingerprint density at radius 1 is 1.23 bits per heavy atom. The number of aromatic nitrogens is 3. The van der Waals surface area contributed by atoms with Crippen LogP contribution in [0.3, 0.4) is 0 Å². The van der Waals surface area contributed by atoms with Gasteiger partial charge in [0.05, 0.1) is 29.1 Å². The Morgan fingerprint density at radius 3 is 2.65 bits per heavy atom. The molecule has 2 aliphatic rings. The number of aliphatic hydroxyl groups excluding tert-OH is 1. The van der Waals surface area contributed by atoms with Gasteiger partial charge in [0, 0.05) is 52.0 Å². The third-order valence-electron chi connectivity index (χ3n) is 5.04. The molecule has 2 aromatic heterocycles. The Bertz CT molecular complexity index is 994. The van der Waals surface area contributed by atoms with E-state index in [1.807, 2.05) is 30.3 Å². The third-order valence-corrected chi connectivity index (χ3v) is 5.85. The Kier molecular flexibility index (Phi) is 6.33. The Morgan fingerprint density at radius 2 is 2.00 bits per heavy atom. The molecule has 4 heterocycles. The van der Waals surface area contributed by atoms with Gasteiger partial charge >= 0.3 is 0 Å². The lowest BCUT2D eigenvalue weighted by Crippen LogP contribution is -2.47. The molecule has 162 valence electrons. The average molecular weight is 442 g/mol. The van der Waals surface area contributed by atoms with Crippen LogP contribution in [-0.4, -0.2) is 77.6 Å². The zero-order valence-electron chi connectivity index (χ0n) is 17.1. The molecule has 2 aliphatic heterocycles. The van der Waals surface area contributed by atoms with E-state index in [1.165, 1.54) is 0 Å². The number of hydrogen-bond acceptors (Lipinski definition) is 10. The van der Waals surface area contributed by atoms with Crippen molar-refractivity contribution in [2.75, 3.05) is 61.1 Å². The van der Waals surface area contributed by atoms with E-state index in [-0.39, 0.29) is 6.61 Å². The summed E-state index contributed by atoms with van der Waals surface area (Å²) < 4.78 is 0. The van der Waals surface area contributed by atoms with Crippen LogP contribution >= 0.6 is 11.8 Å². The smallest absolute Gasteiger partial charge is 0.290 e. The molecule has 2 N–H and O–H groups in total. The standard InChI is InChI=1S/C20H23N7O3S/c1-25(9-10-28)17-12-14(11-16-18(29)24-20(30)31-16)22-19(23-17)27-7-5-26(6-8-27)15-3-2-4-21-13-15/h2-4,11-13,28H,5-10H2,1H3,(H,24,29,30)/b16-11-. The molecule has 0 bridgehead atoms. The highest BCUT2D eigenvalue weighted by Crippen LogP contribution is 2.27. The van der Waals surface area contributed by atoms with Crippen molar-refractivity contribution in [3.05, 3.63) is 41.2 Å². The molecule has 2 saturated heterocycles. The molecule has 0 spiro atoms. The summed E-state index contributed by atoms with van der Waals surface area (Å²) in [7, 11) is 1.83. The maximum absolute atomic E-state index is 11.9. The Balaban J connectivity index is 1.58. The number of hydrogen-bond donors (Lipinski definition) is 2. The van der Waals surface area contributed by atoms with Gasteiger partial charge in [-0.25, -0.2) is 4.98 Å². The number of likely N-dealkylation sites (N-methyl/N-ethyl adjacent to an activating group) is 1. The van der Waals surface area contributed by atoms with Crippen LogP contribution in [0.25, 0.3) is 6.08 Å². The molecule has 31 heavy (non-hydrogen) atoms. The minimum absolute atomic E-state index is 0.0111. The quantitative estimate of drug-likeness (QED) is 0.628. The summed E-state index contributed by atoms with van der Waals surface area (Å²) in [6.45, 7) is 3.46. The van der Waals surface area contributed by atoms with E-state index in [2.05, 4.69) is 30.1 Å². The van der Waals surface area contributed by atoms with E-state index in [4.69, 9.17) is 0 Å². The van der Waals surface area contributed by atoms with Gasteiger partial charge in [0.15, 0.2) is 0 Å². The number of carbonyl (C=O) groups excluding carboxylic acids is 2. The van der Waals surface area contributed by atoms with Crippen LogP contribution in [-0.2, 0) is 4.79 Å². The fraction of sp³-hybridized carbons (Fsp3) is 0.350. The van der Waals surface area contributed by atoms with Crippen molar-refractivity contribution in [2.24, 2.45) is 0 Å². The lowest BCUT2D eigenvalue weighted by atomic mass is 10.2. The minimum atomic E-state index is -0.425. The van der Waals surface area contributed by atoms with E-state index >= 15 is 0 Å². The SMILES string of the molecule is CN(CCO)c1cc(/C=C2\SC(=O)NC2=O)nc(N2CCN(c3cccnc3)CC2)n1. The number of anilines is 3. The molecule has 10 nitrogen and oxygen atoms in total. The summed E-state index contributed by atoms with van der Waals surface area (Å²) in [5.74, 6) is 0.760. The van der Waals surface area contributed by atoms with Crippen LogP contribution in [0.15, 0.2) is 35.5 Å². The van der Waals surface area contributed by atoms with Gasteiger partial charge in [0.2, 0.25) is 5.95 Å².